The van der Waals surface area contributed by atoms with E-state index in [1.54, 1.807) is 22.8 Å². The first-order chi connectivity index (χ1) is 16.0. The number of rotatable bonds is 4. The van der Waals surface area contributed by atoms with Crippen LogP contribution >= 0.6 is 23.6 Å². The third kappa shape index (κ3) is 3.59. The Morgan fingerprint density at radius 1 is 1.03 bits per heavy atom. The number of aromatic nitrogens is 2. The first kappa shape index (κ1) is 21.3. The number of ether oxygens (including phenoxy) is 1. The van der Waals surface area contributed by atoms with Gasteiger partial charge in [0.25, 0.3) is 5.56 Å². The number of hydrogen-bond acceptors (Lipinski definition) is 5. The van der Waals surface area contributed by atoms with Gasteiger partial charge in [0.05, 0.1) is 35.0 Å². The van der Waals surface area contributed by atoms with Gasteiger partial charge in [-0.15, -0.1) is 11.3 Å². The number of methoxy groups -OCH3 is 1. The second kappa shape index (κ2) is 8.42. The van der Waals surface area contributed by atoms with Crippen molar-refractivity contribution in [2.45, 2.75) is 13.5 Å². The Morgan fingerprint density at radius 3 is 2.48 bits per heavy atom. The van der Waals surface area contributed by atoms with Crippen LogP contribution in [0.2, 0.25) is 0 Å². The second-order valence-electron chi connectivity index (χ2n) is 7.76. The summed E-state index contributed by atoms with van der Waals surface area (Å²) in [4.78, 5) is 26.9. The molecular formula is C26H20N2O3S2. The van der Waals surface area contributed by atoms with Crippen molar-refractivity contribution in [3.8, 4) is 10.4 Å². The van der Waals surface area contributed by atoms with Gasteiger partial charge in [-0.1, -0.05) is 54.6 Å². The van der Waals surface area contributed by atoms with E-state index < -0.39 is 5.97 Å². The van der Waals surface area contributed by atoms with Gasteiger partial charge in [-0.05, 0) is 54.0 Å². The van der Waals surface area contributed by atoms with Crippen LogP contribution in [0.4, 0.5) is 0 Å². The Hall–Kier alpha value is -3.55. The maximum absolute atomic E-state index is 13.8. The lowest BCUT2D eigenvalue weighted by Gasteiger charge is -2.15. The molecule has 33 heavy (non-hydrogen) atoms. The number of fused-ring (bicyclic) bond motifs is 3. The van der Waals surface area contributed by atoms with Gasteiger partial charge in [-0.2, -0.15) is 0 Å². The van der Waals surface area contributed by atoms with Crippen molar-refractivity contribution >= 4 is 46.1 Å². The monoisotopic (exact) mass is 472 g/mol. The number of aryl methyl sites for hydroxylation is 1. The predicted octanol–water partition coefficient (Wildman–Crippen LogP) is 5.86. The number of carbonyl (C=O) groups is 1. The van der Waals surface area contributed by atoms with Gasteiger partial charge < -0.3 is 4.74 Å². The highest BCUT2D eigenvalue weighted by Gasteiger charge is 2.20. The van der Waals surface area contributed by atoms with Gasteiger partial charge in [0.2, 0.25) is 0 Å². The van der Waals surface area contributed by atoms with Gasteiger partial charge in [-0.25, -0.2) is 4.79 Å². The molecule has 0 unspecified atom stereocenters. The molecule has 0 saturated heterocycles. The smallest absolute Gasteiger partial charge is 0.337 e. The van der Waals surface area contributed by atoms with Crippen molar-refractivity contribution in [3.63, 3.8) is 0 Å². The molecule has 3 aromatic carbocycles. The first-order valence-corrected chi connectivity index (χ1v) is 11.6. The molecule has 0 atom stereocenters. The van der Waals surface area contributed by atoms with Crippen LogP contribution in [-0.2, 0) is 11.3 Å². The van der Waals surface area contributed by atoms with Gasteiger partial charge in [0.15, 0.2) is 3.95 Å². The molecule has 0 radical (unpaired) electrons. The maximum Gasteiger partial charge on any atom is 0.337 e. The van der Waals surface area contributed by atoms with Crippen molar-refractivity contribution in [2.24, 2.45) is 0 Å². The van der Waals surface area contributed by atoms with E-state index in [-0.39, 0.29) is 5.56 Å². The lowest BCUT2D eigenvalue weighted by Crippen LogP contribution is -2.24. The summed E-state index contributed by atoms with van der Waals surface area (Å²) in [5.74, 6) is -0.459. The van der Waals surface area contributed by atoms with E-state index in [1.165, 1.54) is 18.4 Å². The summed E-state index contributed by atoms with van der Waals surface area (Å²) in [5.41, 5.74) is 4.71. The molecule has 0 aliphatic rings. The molecule has 0 fully saturated rings. The van der Waals surface area contributed by atoms with Gasteiger partial charge in [-0.3, -0.25) is 13.8 Å². The van der Waals surface area contributed by atoms with Crippen molar-refractivity contribution < 1.29 is 9.53 Å². The van der Waals surface area contributed by atoms with Gasteiger partial charge in [0, 0.05) is 0 Å². The van der Waals surface area contributed by atoms with E-state index in [4.69, 9.17) is 17.0 Å². The number of thiazole rings is 1. The normalized spacial score (nSPS) is 11.2. The van der Waals surface area contributed by atoms with E-state index in [2.05, 4.69) is 0 Å². The molecule has 5 aromatic rings. The summed E-state index contributed by atoms with van der Waals surface area (Å²) in [5, 5.41) is 0.497. The topological polar surface area (TPSA) is 52.7 Å². The average Bonchev–Trinajstić information content (AvgIpc) is 3.19. The summed E-state index contributed by atoms with van der Waals surface area (Å²) in [6.45, 7) is 2.45. The number of hydrogen-bond donors (Lipinski definition) is 0. The molecule has 0 saturated carbocycles. The largest absolute Gasteiger partial charge is 0.465 e. The number of carbonyl (C=O) groups excluding carboxylic acids is 1. The van der Waals surface area contributed by atoms with Crippen LogP contribution in [-0.4, -0.2) is 22.0 Å². The quantitative estimate of drug-likeness (QED) is 0.243. The van der Waals surface area contributed by atoms with Crippen LogP contribution in [0.3, 0.4) is 0 Å². The van der Waals surface area contributed by atoms with Gasteiger partial charge >= 0.3 is 5.97 Å². The minimum Gasteiger partial charge on any atom is -0.465 e. The van der Waals surface area contributed by atoms with Crippen LogP contribution in [0, 0.1) is 10.9 Å². The highest BCUT2D eigenvalue weighted by molar-refractivity contribution is 7.73. The van der Waals surface area contributed by atoms with Crippen LogP contribution in [0.5, 0.6) is 0 Å². The Morgan fingerprint density at radius 2 is 1.76 bits per heavy atom. The SMILES string of the molecule is COC(=O)c1ccc2c(=O)n(Cc3ccccc3C)c3c(-c4ccccc4)sc(=S)n3c2c1. The molecule has 0 aliphatic heterocycles. The Balaban J connectivity index is 1.92. The Labute approximate surface area is 199 Å². The number of esters is 1. The van der Waals surface area contributed by atoms with Crippen LogP contribution in [0.25, 0.3) is 27.0 Å². The standard InChI is InChI=1S/C26H20N2O3S2/c1-16-8-6-7-11-19(16)15-27-23-22(17-9-4-3-5-10-17)33-26(32)28(23)21-14-18(25(30)31-2)12-13-20(21)24(27)29/h3-14H,15H2,1-2H3. The van der Waals surface area contributed by atoms with Crippen LogP contribution in [0.1, 0.15) is 21.5 Å². The van der Waals surface area contributed by atoms with Gasteiger partial charge in [0.1, 0.15) is 5.65 Å². The molecule has 0 bridgehead atoms. The van der Waals surface area contributed by atoms with Crippen molar-refractivity contribution in [2.75, 3.05) is 7.11 Å². The minimum atomic E-state index is -0.459. The van der Waals surface area contributed by atoms with E-state index >= 15 is 0 Å². The zero-order valence-electron chi connectivity index (χ0n) is 18.1. The maximum atomic E-state index is 13.8. The molecule has 2 heterocycles. The van der Waals surface area contributed by atoms with E-state index in [9.17, 15) is 9.59 Å². The molecule has 0 N–H and O–H groups in total. The fourth-order valence-electron chi connectivity index (χ4n) is 4.09. The fourth-order valence-corrected chi connectivity index (χ4v) is 5.52. The zero-order valence-corrected chi connectivity index (χ0v) is 19.7. The lowest BCUT2D eigenvalue weighted by molar-refractivity contribution is 0.0601. The number of nitrogens with zero attached hydrogens (tertiary/aromatic N) is 2. The minimum absolute atomic E-state index is 0.130. The third-order valence-electron chi connectivity index (χ3n) is 5.80. The molecule has 0 amide bonds. The molecule has 164 valence electrons. The highest BCUT2D eigenvalue weighted by atomic mass is 32.1. The van der Waals surface area contributed by atoms with Crippen molar-refractivity contribution in [1.82, 2.24) is 8.97 Å². The van der Waals surface area contributed by atoms with E-state index in [0.29, 0.717) is 27.0 Å². The molecular weight excluding hydrogens is 452 g/mol. The second-order valence-corrected chi connectivity index (χ2v) is 9.41. The summed E-state index contributed by atoms with van der Waals surface area (Å²) < 4.78 is 9.19. The highest BCUT2D eigenvalue weighted by Crippen LogP contribution is 2.33. The molecule has 5 nitrogen and oxygen atoms in total. The number of benzene rings is 3. The molecule has 0 aliphatic carbocycles. The Bertz CT molecular complexity index is 1650. The van der Waals surface area contributed by atoms with Crippen LogP contribution < -0.4 is 5.56 Å². The average molecular weight is 473 g/mol. The Kier molecular flexibility index (Phi) is 5.44. The summed E-state index contributed by atoms with van der Waals surface area (Å²) in [6, 6.07) is 22.9. The predicted molar refractivity (Wildman–Crippen MR) is 135 cm³/mol. The lowest BCUT2D eigenvalue weighted by atomic mass is 10.1. The summed E-state index contributed by atoms with van der Waals surface area (Å²) in [7, 11) is 1.34. The molecule has 7 heteroatoms. The molecule has 5 rings (SSSR count). The fraction of sp³-hybridized carbons (Fsp3) is 0.115. The third-order valence-corrected chi connectivity index (χ3v) is 7.22. The van der Waals surface area contributed by atoms with Crippen LogP contribution in [0.15, 0.2) is 77.6 Å². The first-order valence-electron chi connectivity index (χ1n) is 10.4. The molecule has 2 aromatic heterocycles. The zero-order chi connectivity index (χ0) is 23.1. The summed E-state index contributed by atoms with van der Waals surface area (Å²) in [6.07, 6.45) is 0. The van der Waals surface area contributed by atoms with E-state index in [0.717, 1.165) is 27.2 Å². The molecule has 0 spiro atoms. The summed E-state index contributed by atoms with van der Waals surface area (Å²) >= 11 is 7.24. The van der Waals surface area contributed by atoms with Crippen molar-refractivity contribution in [1.29, 1.82) is 0 Å². The van der Waals surface area contributed by atoms with E-state index in [1.807, 2.05) is 65.9 Å². The van der Waals surface area contributed by atoms with Crippen molar-refractivity contribution in [3.05, 3.63) is 104 Å².